The van der Waals surface area contributed by atoms with E-state index in [-0.39, 0.29) is 0 Å². The van der Waals surface area contributed by atoms with Crippen LogP contribution in [0.5, 0.6) is 0 Å². The van der Waals surface area contributed by atoms with Crippen LogP contribution in [0.2, 0.25) is 0 Å². The monoisotopic (exact) mass is 214 g/mol. The number of rotatable bonds is 9. The third kappa shape index (κ3) is 10.3. The van der Waals surface area contributed by atoms with Crippen LogP contribution < -0.4 is 0 Å². The van der Waals surface area contributed by atoms with Crippen LogP contribution in [0.1, 0.15) is 52.9 Å². The smallest absolute Gasteiger partial charge is 0.0259 e. The van der Waals surface area contributed by atoms with Gasteiger partial charge in [0.05, 0.1) is 0 Å². The molecule has 0 amide bonds. The van der Waals surface area contributed by atoms with Gasteiger partial charge in [0.1, 0.15) is 0 Å². The van der Waals surface area contributed by atoms with Crippen molar-refractivity contribution in [1.82, 2.24) is 0 Å². The van der Waals surface area contributed by atoms with Crippen molar-refractivity contribution in [2.45, 2.75) is 52.9 Å². The molecule has 0 fully saturated rings. The molecule has 0 aliphatic carbocycles. The van der Waals surface area contributed by atoms with Gasteiger partial charge in [0.2, 0.25) is 0 Å². The molecule has 0 N–H and O–H groups in total. The minimum Gasteiger partial charge on any atom is -0.122 e. The first-order valence-electron chi connectivity index (χ1n) is 6.18. The summed E-state index contributed by atoms with van der Waals surface area (Å²) in [6.45, 7) is 6.82. The van der Waals surface area contributed by atoms with E-state index >= 15 is 0 Å². The van der Waals surface area contributed by atoms with E-state index in [0.717, 1.165) is 5.92 Å². The Bertz CT molecular complexity index is 129. The first kappa shape index (κ1) is 14.2. The zero-order chi connectivity index (χ0) is 10.6. The van der Waals surface area contributed by atoms with Gasteiger partial charge in [-0.3, -0.25) is 0 Å². The third-order valence-electron chi connectivity index (χ3n) is 2.43. The first-order chi connectivity index (χ1) is 6.81. The summed E-state index contributed by atoms with van der Waals surface area (Å²) in [4.78, 5) is 0. The molecule has 2 unspecified atom stereocenters. The summed E-state index contributed by atoms with van der Waals surface area (Å²) < 4.78 is 0. The van der Waals surface area contributed by atoms with E-state index in [1.54, 1.807) is 0 Å². The fourth-order valence-corrected chi connectivity index (χ4v) is 2.83. The lowest BCUT2D eigenvalue weighted by Gasteiger charge is -2.05. The second-order valence-corrected chi connectivity index (χ2v) is 5.56. The van der Waals surface area contributed by atoms with Gasteiger partial charge in [-0.1, -0.05) is 45.8 Å². The molecule has 0 aromatic rings. The summed E-state index contributed by atoms with van der Waals surface area (Å²) in [6, 6.07) is 0. The van der Waals surface area contributed by atoms with Gasteiger partial charge in [-0.15, -0.1) is 8.58 Å². The van der Waals surface area contributed by atoms with Gasteiger partial charge in [-0.05, 0) is 37.5 Å². The lowest BCUT2D eigenvalue weighted by Crippen LogP contribution is -1.91. The minimum atomic E-state index is 0.800. The molecular weight excluding hydrogens is 187 g/mol. The van der Waals surface area contributed by atoms with Crippen LogP contribution in [0.4, 0.5) is 0 Å². The second-order valence-electron chi connectivity index (χ2n) is 4.06. The Kier molecular flexibility index (Phi) is 11.4. The van der Waals surface area contributed by atoms with Crippen molar-refractivity contribution in [1.29, 1.82) is 0 Å². The minimum absolute atomic E-state index is 0.800. The maximum atomic E-state index is 2.37. The van der Waals surface area contributed by atoms with Crippen molar-refractivity contribution in [2.75, 3.05) is 12.3 Å². The van der Waals surface area contributed by atoms with Gasteiger partial charge in [0.25, 0.3) is 0 Å². The van der Waals surface area contributed by atoms with Gasteiger partial charge in [-0.2, -0.15) is 0 Å². The molecule has 0 aliphatic rings. The maximum absolute atomic E-state index is 2.37. The summed E-state index contributed by atoms with van der Waals surface area (Å²) in [5.74, 6) is 0.800. The van der Waals surface area contributed by atoms with Gasteiger partial charge in [0.15, 0.2) is 0 Å². The summed E-state index contributed by atoms with van der Waals surface area (Å²) in [6.07, 6.45) is 14.4. The topological polar surface area (TPSA) is 0 Å². The van der Waals surface area contributed by atoms with Crippen LogP contribution in [-0.4, -0.2) is 12.3 Å². The van der Waals surface area contributed by atoms with Crippen molar-refractivity contribution in [3.05, 3.63) is 12.2 Å². The fourth-order valence-electron chi connectivity index (χ4n) is 1.42. The zero-order valence-corrected chi connectivity index (χ0v) is 11.2. The predicted octanol–water partition coefficient (Wildman–Crippen LogP) is 4.85. The molecule has 1 heteroatoms. The van der Waals surface area contributed by atoms with Crippen molar-refractivity contribution in [3.63, 3.8) is 0 Å². The summed E-state index contributed by atoms with van der Waals surface area (Å²) in [5, 5.41) is 0. The van der Waals surface area contributed by atoms with E-state index in [2.05, 4.69) is 32.9 Å². The van der Waals surface area contributed by atoms with Crippen LogP contribution in [0.3, 0.4) is 0 Å². The van der Waals surface area contributed by atoms with E-state index < -0.39 is 0 Å². The molecule has 0 nitrogen and oxygen atoms in total. The second kappa shape index (κ2) is 11.2. The highest BCUT2D eigenvalue weighted by Crippen LogP contribution is 2.18. The van der Waals surface area contributed by atoms with Crippen molar-refractivity contribution in [2.24, 2.45) is 5.92 Å². The van der Waals surface area contributed by atoms with Gasteiger partial charge in [-0.25, -0.2) is 0 Å². The predicted molar refractivity (Wildman–Crippen MR) is 70.8 cm³/mol. The normalized spacial score (nSPS) is 14.5. The first-order valence-corrected chi connectivity index (χ1v) is 7.60. The Morgan fingerprint density at radius 1 is 1.14 bits per heavy atom. The number of hydrogen-bond donors (Lipinski definition) is 0. The Morgan fingerprint density at radius 2 is 1.93 bits per heavy atom. The molecule has 2 atom stereocenters. The Labute approximate surface area is 92.3 Å². The Morgan fingerprint density at radius 3 is 2.57 bits per heavy atom. The third-order valence-corrected chi connectivity index (χ3v) is 3.78. The molecule has 0 aromatic carbocycles. The van der Waals surface area contributed by atoms with Gasteiger partial charge in [0, 0.05) is 0 Å². The average Bonchev–Trinajstić information content (AvgIpc) is 2.20. The van der Waals surface area contributed by atoms with Gasteiger partial charge < -0.3 is 0 Å². The molecule has 0 rings (SSSR count). The van der Waals surface area contributed by atoms with E-state index in [0.29, 0.717) is 0 Å². The molecule has 0 saturated heterocycles. The standard InChI is InChI=1S/C13H27P/c1-4-6-8-11-14-12-10-13(3)9-7-5-2/h7,9,13-14H,4-6,8,10-12H2,1-3H3. The molecule has 0 heterocycles. The van der Waals surface area contributed by atoms with Crippen molar-refractivity contribution < 1.29 is 0 Å². The average molecular weight is 214 g/mol. The molecule has 0 bridgehead atoms. The highest BCUT2D eigenvalue weighted by Gasteiger charge is 1.96. The molecule has 0 saturated carbocycles. The molecule has 0 spiro atoms. The Hall–Kier alpha value is 0.170. The molecule has 0 aliphatic heterocycles. The van der Waals surface area contributed by atoms with E-state index in [9.17, 15) is 0 Å². The zero-order valence-electron chi connectivity index (χ0n) is 10.2. The van der Waals surface area contributed by atoms with Crippen molar-refractivity contribution in [3.8, 4) is 0 Å². The van der Waals surface area contributed by atoms with E-state index in [1.807, 2.05) is 0 Å². The van der Waals surface area contributed by atoms with Crippen molar-refractivity contribution >= 4 is 8.58 Å². The molecule has 0 radical (unpaired) electrons. The fraction of sp³-hybridized carbons (Fsp3) is 0.846. The SMILES string of the molecule is CCC=CC(C)CCPCCCCC. The summed E-state index contributed by atoms with van der Waals surface area (Å²) in [5.41, 5.74) is 0. The molecule has 14 heavy (non-hydrogen) atoms. The maximum Gasteiger partial charge on any atom is -0.0259 e. The highest BCUT2D eigenvalue weighted by molar-refractivity contribution is 7.37. The van der Waals surface area contributed by atoms with E-state index in [1.165, 1.54) is 53.0 Å². The summed E-state index contributed by atoms with van der Waals surface area (Å²) >= 11 is 0. The Balaban J connectivity index is 3.14. The lowest BCUT2D eigenvalue weighted by atomic mass is 10.1. The quantitative estimate of drug-likeness (QED) is 0.292. The summed E-state index contributed by atoms with van der Waals surface area (Å²) in [7, 11) is 1.21. The number of unbranched alkanes of at least 4 members (excludes halogenated alkanes) is 2. The molecular formula is C13H27P. The van der Waals surface area contributed by atoms with Crippen LogP contribution >= 0.6 is 8.58 Å². The number of hydrogen-bond acceptors (Lipinski definition) is 0. The highest BCUT2D eigenvalue weighted by atomic mass is 31.1. The molecule has 0 aromatic heterocycles. The van der Waals surface area contributed by atoms with Crippen LogP contribution in [0.15, 0.2) is 12.2 Å². The van der Waals surface area contributed by atoms with Gasteiger partial charge >= 0.3 is 0 Å². The molecule has 84 valence electrons. The van der Waals surface area contributed by atoms with Crippen LogP contribution in [0, 0.1) is 5.92 Å². The largest absolute Gasteiger partial charge is 0.122 e. The van der Waals surface area contributed by atoms with Crippen LogP contribution in [-0.2, 0) is 0 Å². The number of allylic oxidation sites excluding steroid dienone is 2. The van der Waals surface area contributed by atoms with E-state index in [4.69, 9.17) is 0 Å². The van der Waals surface area contributed by atoms with Crippen LogP contribution in [0.25, 0.3) is 0 Å². The lowest BCUT2D eigenvalue weighted by molar-refractivity contribution is 0.700.